The van der Waals surface area contributed by atoms with Crippen LogP contribution in [0.1, 0.15) is 26.3 Å². The van der Waals surface area contributed by atoms with E-state index in [1.54, 1.807) is 0 Å². The fourth-order valence-electron chi connectivity index (χ4n) is 1.95. The first-order valence-corrected chi connectivity index (χ1v) is 6.47. The van der Waals surface area contributed by atoms with Gasteiger partial charge in [0.1, 0.15) is 5.75 Å². The van der Waals surface area contributed by atoms with Crippen LogP contribution in [0.3, 0.4) is 0 Å². The molecule has 1 aromatic carbocycles. The minimum absolute atomic E-state index is 0.0943. The number of pyridine rings is 1. The van der Waals surface area contributed by atoms with Crippen LogP contribution in [0.5, 0.6) is 11.6 Å². The molecule has 0 saturated heterocycles. The van der Waals surface area contributed by atoms with E-state index in [2.05, 4.69) is 25.8 Å². The molecule has 21 heavy (non-hydrogen) atoms. The largest absolute Gasteiger partial charge is 0.439 e. The van der Waals surface area contributed by atoms with E-state index in [4.69, 9.17) is 10.5 Å². The number of hydrogen-bond donors (Lipinski definition) is 1. The van der Waals surface area contributed by atoms with Crippen molar-refractivity contribution in [2.75, 3.05) is 5.73 Å². The second-order valence-electron chi connectivity index (χ2n) is 5.66. The molecule has 6 nitrogen and oxygen atoms in total. The van der Waals surface area contributed by atoms with E-state index in [1.165, 1.54) is 12.1 Å². The number of benzene rings is 1. The summed E-state index contributed by atoms with van der Waals surface area (Å²) in [4.78, 5) is 14.1. The molecule has 1 aromatic heterocycles. The molecule has 0 fully saturated rings. The second kappa shape index (κ2) is 5.40. The summed E-state index contributed by atoms with van der Waals surface area (Å²) in [5.74, 6) is 0.728. The lowest BCUT2D eigenvalue weighted by molar-refractivity contribution is -0.384. The van der Waals surface area contributed by atoms with Gasteiger partial charge in [-0.25, -0.2) is 0 Å². The lowest BCUT2D eigenvalue weighted by Crippen LogP contribution is -2.12. The van der Waals surface area contributed by atoms with Crippen molar-refractivity contribution in [3.05, 3.63) is 52.1 Å². The predicted molar refractivity (Wildman–Crippen MR) is 80.5 cm³/mol. The summed E-state index contributed by atoms with van der Waals surface area (Å²) >= 11 is 0. The molecule has 0 aliphatic rings. The molecule has 0 aliphatic heterocycles. The Morgan fingerprint density at radius 2 is 1.86 bits per heavy atom. The van der Waals surface area contributed by atoms with Crippen LogP contribution in [0.4, 0.5) is 11.5 Å². The van der Waals surface area contributed by atoms with Crippen LogP contribution in [0.25, 0.3) is 0 Å². The lowest BCUT2D eigenvalue weighted by Gasteiger charge is -2.22. The summed E-state index contributed by atoms with van der Waals surface area (Å²) in [5.41, 5.74) is 6.26. The van der Waals surface area contributed by atoms with Crippen LogP contribution in [0.2, 0.25) is 0 Å². The van der Waals surface area contributed by atoms with Gasteiger partial charge < -0.3 is 10.5 Å². The topological polar surface area (TPSA) is 91.3 Å². The van der Waals surface area contributed by atoms with Gasteiger partial charge in [-0.15, -0.1) is 0 Å². The fourth-order valence-corrected chi connectivity index (χ4v) is 1.95. The van der Waals surface area contributed by atoms with Crippen LogP contribution in [0.15, 0.2) is 36.4 Å². The monoisotopic (exact) mass is 287 g/mol. The molecular formula is C15H17N3O3. The molecule has 110 valence electrons. The quantitative estimate of drug-likeness (QED) is 0.687. The Bertz CT molecular complexity index is 678. The molecule has 0 atom stereocenters. The minimum Gasteiger partial charge on any atom is -0.439 e. The first kappa shape index (κ1) is 14.8. The summed E-state index contributed by atoms with van der Waals surface area (Å²) < 4.78 is 5.74. The van der Waals surface area contributed by atoms with Crippen LogP contribution in [0, 0.1) is 10.1 Å². The van der Waals surface area contributed by atoms with E-state index in [0.717, 1.165) is 5.56 Å². The Labute approximate surface area is 122 Å². The van der Waals surface area contributed by atoms with E-state index in [-0.39, 0.29) is 22.8 Å². The highest BCUT2D eigenvalue weighted by atomic mass is 16.6. The third-order valence-electron chi connectivity index (χ3n) is 2.98. The number of nitrogen functional groups attached to an aromatic ring is 1. The third-order valence-corrected chi connectivity index (χ3v) is 2.98. The number of hydrogen-bond acceptors (Lipinski definition) is 5. The molecule has 1 heterocycles. The van der Waals surface area contributed by atoms with Gasteiger partial charge >= 0.3 is 5.69 Å². The highest BCUT2D eigenvalue weighted by Crippen LogP contribution is 2.34. The molecule has 2 rings (SSSR count). The van der Waals surface area contributed by atoms with Crippen molar-refractivity contribution >= 4 is 11.5 Å². The van der Waals surface area contributed by atoms with Gasteiger partial charge in [0.25, 0.3) is 0 Å². The zero-order chi connectivity index (χ0) is 15.6. The number of anilines is 1. The van der Waals surface area contributed by atoms with Crippen LogP contribution in [-0.2, 0) is 5.41 Å². The first-order chi connectivity index (χ1) is 9.79. The third kappa shape index (κ3) is 3.28. The van der Waals surface area contributed by atoms with Crippen LogP contribution >= 0.6 is 0 Å². The molecule has 0 saturated carbocycles. The van der Waals surface area contributed by atoms with Crippen molar-refractivity contribution in [3.63, 3.8) is 0 Å². The molecule has 2 aromatic rings. The number of para-hydroxylation sites is 1. The summed E-state index contributed by atoms with van der Waals surface area (Å²) in [6.07, 6.45) is 0. The van der Waals surface area contributed by atoms with Gasteiger partial charge in [0.2, 0.25) is 11.7 Å². The van der Waals surface area contributed by atoms with Gasteiger partial charge in [0.05, 0.1) is 4.92 Å². The SMILES string of the molecule is CC(C)(C)c1ccccc1Oc1ccc([N+](=O)[O-])c(N)n1. The van der Waals surface area contributed by atoms with Gasteiger partial charge in [-0.2, -0.15) is 4.98 Å². The molecule has 0 bridgehead atoms. The molecule has 0 unspecified atom stereocenters. The predicted octanol–water partition coefficient (Wildman–Crippen LogP) is 3.66. The smallest absolute Gasteiger partial charge is 0.311 e. The Morgan fingerprint density at radius 3 is 2.43 bits per heavy atom. The Balaban J connectivity index is 2.35. The average Bonchev–Trinajstić information content (AvgIpc) is 2.37. The zero-order valence-electron chi connectivity index (χ0n) is 12.2. The maximum atomic E-state index is 10.7. The summed E-state index contributed by atoms with van der Waals surface area (Å²) in [6, 6.07) is 10.3. The second-order valence-corrected chi connectivity index (χ2v) is 5.66. The molecule has 0 spiro atoms. The van der Waals surface area contributed by atoms with Crippen molar-refractivity contribution in [1.29, 1.82) is 0 Å². The summed E-state index contributed by atoms with van der Waals surface area (Å²) in [7, 11) is 0. The number of rotatable bonds is 3. The van der Waals surface area contributed by atoms with E-state index in [9.17, 15) is 10.1 Å². The molecule has 2 N–H and O–H groups in total. The number of aromatic nitrogens is 1. The van der Waals surface area contributed by atoms with Crippen molar-refractivity contribution in [3.8, 4) is 11.6 Å². The van der Waals surface area contributed by atoms with Crippen LogP contribution in [-0.4, -0.2) is 9.91 Å². The maximum absolute atomic E-state index is 10.7. The highest BCUT2D eigenvalue weighted by molar-refractivity contribution is 5.54. The number of nitrogens with zero attached hydrogens (tertiary/aromatic N) is 2. The van der Waals surface area contributed by atoms with Gasteiger partial charge in [-0.1, -0.05) is 39.0 Å². The van der Waals surface area contributed by atoms with E-state index >= 15 is 0 Å². The Hall–Kier alpha value is -2.63. The molecule has 0 amide bonds. The Morgan fingerprint density at radius 1 is 1.19 bits per heavy atom. The first-order valence-electron chi connectivity index (χ1n) is 6.47. The molecule has 6 heteroatoms. The van der Waals surface area contributed by atoms with Gasteiger partial charge in [-0.05, 0) is 11.5 Å². The van der Waals surface area contributed by atoms with Crippen LogP contribution < -0.4 is 10.5 Å². The zero-order valence-corrected chi connectivity index (χ0v) is 12.2. The number of nitro groups is 1. The molecule has 0 aliphatic carbocycles. The van der Waals surface area contributed by atoms with Crippen molar-refractivity contribution < 1.29 is 9.66 Å². The fraction of sp³-hybridized carbons (Fsp3) is 0.267. The van der Waals surface area contributed by atoms with Crippen molar-refractivity contribution in [2.24, 2.45) is 0 Å². The summed E-state index contributed by atoms with van der Waals surface area (Å²) in [5, 5.41) is 10.7. The number of nitrogens with two attached hydrogens (primary N) is 1. The standard InChI is InChI=1S/C15H17N3O3/c1-15(2,3)10-6-4-5-7-12(10)21-13-9-8-11(18(19)20)14(16)17-13/h4-9H,1-3H3,(H2,16,17). The van der Waals surface area contributed by atoms with E-state index in [1.807, 2.05) is 24.3 Å². The minimum atomic E-state index is -0.574. The normalized spacial score (nSPS) is 11.2. The molecular weight excluding hydrogens is 270 g/mol. The van der Waals surface area contributed by atoms with Gasteiger partial charge in [-0.3, -0.25) is 10.1 Å². The maximum Gasteiger partial charge on any atom is 0.311 e. The van der Waals surface area contributed by atoms with E-state index < -0.39 is 4.92 Å². The average molecular weight is 287 g/mol. The number of ether oxygens (including phenoxy) is 1. The van der Waals surface area contributed by atoms with Crippen molar-refractivity contribution in [2.45, 2.75) is 26.2 Å². The van der Waals surface area contributed by atoms with Gasteiger partial charge in [0.15, 0.2) is 0 Å². The van der Waals surface area contributed by atoms with Gasteiger partial charge in [0, 0.05) is 17.7 Å². The lowest BCUT2D eigenvalue weighted by atomic mass is 9.86. The summed E-state index contributed by atoms with van der Waals surface area (Å²) in [6.45, 7) is 6.23. The Kier molecular flexibility index (Phi) is 3.80. The highest BCUT2D eigenvalue weighted by Gasteiger charge is 2.20. The van der Waals surface area contributed by atoms with Crippen molar-refractivity contribution in [1.82, 2.24) is 4.98 Å². The molecule has 0 radical (unpaired) electrons. The van der Waals surface area contributed by atoms with E-state index in [0.29, 0.717) is 5.75 Å².